The topological polar surface area (TPSA) is 39.2 Å². The number of esters is 1. The molecule has 0 spiro atoms. The van der Waals surface area contributed by atoms with Gasteiger partial charge in [-0.25, -0.2) is 4.98 Å². The van der Waals surface area contributed by atoms with E-state index < -0.39 is 5.41 Å². The maximum atomic E-state index is 12.0. The van der Waals surface area contributed by atoms with Crippen molar-refractivity contribution in [3.63, 3.8) is 0 Å². The van der Waals surface area contributed by atoms with E-state index in [9.17, 15) is 4.79 Å². The van der Waals surface area contributed by atoms with Crippen LogP contribution >= 0.6 is 27.3 Å². The number of aromatic nitrogens is 1. The van der Waals surface area contributed by atoms with Gasteiger partial charge in [-0.05, 0) is 45.4 Å². The first-order valence-electron chi connectivity index (χ1n) is 6.76. The van der Waals surface area contributed by atoms with Crippen molar-refractivity contribution in [3.8, 4) is 10.6 Å². The highest BCUT2D eigenvalue weighted by atomic mass is 79.9. The van der Waals surface area contributed by atoms with Crippen LogP contribution in [0.3, 0.4) is 0 Å². The third kappa shape index (κ3) is 3.35. The van der Waals surface area contributed by atoms with Crippen LogP contribution in [0, 0.1) is 6.92 Å². The third-order valence-corrected chi connectivity index (χ3v) is 5.12. The molecule has 2 rings (SSSR count). The number of halogens is 1. The second-order valence-electron chi connectivity index (χ2n) is 5.35. The first-order valence-corrected chi connectivity index (χ1v) is 8.43. The summed E-state index contributed by atoms with van der Waals surface area (Å²) >= 11 is 5.04. The van der Waals surface area contributed by atoms with E-state index in [2.05, 4.69) is 27.0 Å². The summed E-state index contributed by atoms with van der Waals surface area (Å²) in [6.45, 7) is 7.92. The zero-order chi connectivity index (χ0) is 15.6. The lowest BCUT2D eigenvalue weighted by Crippen LogP contribution is -2.31. The van der Waals surface area contributed by atoms with Crippen molar-refractivity contribution in [2.45, 2.75) is 33.1 Å². The van der Waals surface area contributed by atoms with Gasteiger partial charge in [-0.1, -0.05) is 22.0 Å². The Labute approximate surface area is 137 Å². The Balaban J connectivity index is 2.33. The van der Waals surface area contributed by atoms with Crippen molar-refractivity contribution >= 4 is 33.2 Å². The molecule has 0 atom stereocenters. The third-order valence-electron chi connectivity index (χ3n) is 3.34. The largest absolute Gasteiger partial charge is 0.465 e. The second-order valence-corrected chi connectivity index (χ2v) is 7.06. The molecule has 1 aromatic heterocycles. The van der Waals surface area contributed by atoms with E-state index in [4.69, 9.17) is 4.74 Å². The average molecular weight is 368 g/mol. The molecule has 21 heavy (non-hydrogen) atoms. The predicted octanol–water partition coefficient (Wildman–Crippen LogP) is 4.72. The maximum absolute atomic E-state index is 12.0. The van der Waals surface area contributed by atoms with Crippen molar-refractivity contribution in [2.24, 2.45) is 0 Å². The summed E-state index contributed by atoms with van der Waals surface area (Å²) in [4.78, 5) is 16.7. The van der Waals surface area contributed by atoms with E-state index in [0.29, 0.717) is 6.61 Å². The van der Waals surface area contributed by atoms with Crippen molar-refractivity contribution in [1.29, 1.82) is 0 Å². The molecule has 0 saturated heterocycles. The molecular formula is C16H18BrNO2S. The highest BCUT2D eigenvalue weighted by molar-refractivity contribution is 9.10. The van der Waals surface area contributed by atoms with E-state index in [1.807, 2.05) is 45.2 Å². The van der Waals surface area contributed by atoms with Crippen molar-refractivity contribution in [3.05, 3.63) is 39.3 Å². The van der Waals surface area contributed by atoms with Gasteiger partial charge < -0.3 is 4.74 Å². The molecule has 0 saturated carbocycles. The Kier molecular flexibility index (Phi) is 4.84. The summed E-state index contributed by atoms with van der Waals surface area (Å²) in [5, 5.41) is 2.85. The van der Waals surface area contributed by atoms with Crippen LogP contribution in [0.1, 0.15) is 32.0 Å². The summed E-state index contributed by atoms with van der Waals surface area (Å²) in [5.74, 6) is -0.242. The molecule has 0 fully saturated rings. The smallest absolute Gasteiger partial charge is 0.317 e. The Bertz CT molecular complexity index is 664. The molecule has 0 aliphatic carbocycles. The van der Waals surface area contributed by atoms with E-state index >= 15 is 0 Å². The van der Waals surface area contributed by atoms with Gasteiger partial charge in [0.2, 0.25) is 0 Å². The van der Waals surface area contributed by atoms with Gasteiger partial charge in [-0.3, -0.25) is 4.79 Å². The molecule has 1 aromatic carbocycles. The first kappa shape index (κ1) is 16.2. The fourth-order valence-corrected chi connectivity index (χ4v) is 3.12. The minimum Gasteiger partial charge on any atom is -0.465 e. The molecule has 0 radical (unpaired) electrons. The van der Waals surface area contributed by atoms with Gasteiger partial charge in [-0.15, -0.1) is 11.3 Å². The molecule has 0 N–H and O–H groups in total. The number of nitrogens with zero attached hydrogens (tertiary/aromatic N) is 1. The zero-order valence-corrected chi connectivity index (χ0v) is 15.0. The second kappa shape index (κ2) is 6.28. The quantitative estimate of drug-likeness (QED) is 0.733. The van der Waals surface area contributed by atoms with Crippen LogP contribution in [-0.4, -0.2) is 17.6 Å². The normalized spacial score (nSPS) is 11.5. The molecule has 0 aliphatic heterocycles. The fraction of sp³-hybridized carbons (Fsp3) is 0.375. The Morgan fingerprint density at radius 2 is 2.14 bits per heavy atom. The number of hydrogen-bond acceptors (Lipinski definition) is 4. The van der Waals surface area contributed by atoms with Gasteiger partial charge in [0.25, 0.3) is 0 Å². The molecule has 112 valence electrons. The standard InChI is InChI=1S/C16H18BrNO2S/c1-5-20-15(19)16(3,4)13-9-21-14(18-13)11-6-7-12(17)10(2)8-11/h6-9H,5H2,1-4H3. The molecule has 0 bridgehead atoms. The fourth-order valence-electron chi connectivity index (χ4n) is 1.89. The number of ether oxygens (including phenoxy) is 1. The average Bonchev–Trinajstić information content (AvgIpc) is 2.92. The van der Waals surface area contributed by atoms with Gasteiger partial charge in [0.05, 0.1) is 12.3 Å². The number of benzene rings is 1. The lowest BCUT2D eigenvalue weighted by Gasteiger charge is -2.19. The SMILES string of the molecule is CCOC(=O)C(C)(C)c1csc(-c2ccc(Br)c(C)c2)n1. The van der Waals surface area contributed by atoms with Crippen LogP contribution < -0.4 is 0 Å². The van der Waals surface area contributed by atoms with Gasteiger partial charge in [0.1, 0.15) is 10.4 Å². The first-order chi connectivity index (χ1) is 9.86. The van der Waals surface area contributed by atoms with E-state index in [-0.39, 0.29) is 5.97 Å². The number of carbonyl (C=O) groups is 1. The number of rotatable bonds is 4. The Morgan fingerprint density at radius 1 is 1.43 bits per heavy atom. The van der Waals surface area contributed by atoms with Crippen LogP contribution in [-0.2, 0) is 14.9 Å². The maximum Gasteiger partial charge on any atom is 0.317 e. The number of thiazole rings is 1. The van der Waals surface area contributed by atoms with Gasteiger partial charge in [-0.2, -0.15) is 0 Å². The summed E-state index contributed by atoms with van der Waals surface area (Å²) in [6, 6.07) is 6.13. The van der Waals surface area contributed by atoms with E-state index in [1.165, 1.54) is 0 Å². The van der Waals surface area contributed by atoms with Crippen LogP contribution in [0.5, 0.6) is 0 Å². The minimum atomic E-state index is -0.727. The molecule has 1 heterocycles. The Morgan fingerprint density at radius 3 is 2.76 bits per heavy atom. The molecule has 3 nitrogen and oxygen atoms in total. The molecule has 2 aromatic rings. The van der Waals surface area contributed by atoms with Crippen molar-refractivity contribution < 1.29 is 9.53 Å². The van der Waals surface area contributed by atoms with Crippen LogP contribution in [0.25, 0.3) is 10.6 Å². The van der Waals surface area contributed by atoms with Gasteiger partial charge in [0.15, 0.2) is 0 Å². The van der Waals surface area contributed by atoms with Crippen LogP contribution in [0.15, 0.2) is 28.1 Å². The summed E-state index contributed by atoms with van der Waals surface area (Å²) in [7, 11) is 0. The van der Waals surface area contributed by atoms with Crippen LogP contribution in [0.4, 0.5) is 0 Å². The van der Waals surface area contributed by atoms with E-state index in [0.717, 1.165) is 26.3 Å². The minimum absolute atomic E-state index is 0.242. The van der Waals surface area contributed by atoms with Crippen LogP contribution in [0.2, 0.25) is 0 Å². The monoisotopic (exact) mass is 367 g/mol. The number of carbonyl (C=O) groups excluding carboxylic acids is 1. The molecule has 0 unspecified atom stereocenters. The summed E-state index contributed by atoms with van der Waals surface area (Å²) in [5.41, 5.74) is 2.25. The molecule has 0 amide bonds. The van der Waals surface area contributed by atoms with Gasteiger partial charge >= 0.3 is 5.97 Å². The van der Waals surface area contributed by atoms with Crippen molar-refractivity contribution in [2.75, 3.05) is 6.61 Å². The molecule has 0 aliphatic rings. The van der Waals surface area contributed by atoms with Gasteiger partial charge in [0, 0.05) is 15.4 Å². The number of hydrogen-bond donors (Lipinski definition) is 0. The lowest BCUT2D eigenvalue weighted by atomic mass is 9.90. The lowest BCUT2D eigenvalue weighted by molar-refractivity contribution is -0.148. The number of aryl methyl sites for hydroxylation is 1. The van der Waals surface area contributed by atoms with E-state index in [1.54, 1.807) is 11.3 Å². The highest BCUT2D eigenvalue weighted by Gasteiger charge is 2.34. The summed E-state index contributed by atoms with van der Waals surface area (Å²) < 4.78 is 6.21. The summed E-state index contributed by atoms with van der Waals surface area (Å²) in [6.07, 6.45) is 0. The highest BCUT2D eigenvalue weighted by Crippen LogP contribution is 2.32. The molecule has 5 heteroatoms. The molecular weight excluding hydrogens is 350 g/mol. The predicted molar refractivity (Wildman–Crippen MR) is 89.6 cm³/mol. The Hall–Kier alpha value is -1.20. The zero-order valence-electron chi connectivity index (χ0n) is 12.6. The van der Waals surface area contributed by atoms with Crippen molar-refractivity contribution in [1.82, 2.24) is 4.98 Å².